The molecule has 112 valence electrons. The number of aromatic nitrogens is 2. The molecular weight excluding hydrogens is 269 g/mol. The van der Waals surface area contributed by atoms with Crippen LogP contribution in [0.3, 0.4) is 0 Å². The van der Waals surface area contributed by atoms with E-state index in [1.54, 1.807) is 13.2 Å². The lowest BCUT2D eigenvalue weighted by Crippen LogP contribution is -2.08. The number of benzene rings is 1. The number of hydrogen-bond donors (Lipinski definition) is 1. The van der Waals surface area contributed by atoms with Crippen molar-refractivity contribution in [3.8, 4) is 0 Å². The minimum Gasteiger partial charge on any atom is -0.378 e. The Balaban J connectivity index is 2.22. The Morgan fingerprint density at radius 1 is 1.24 bits per heavy atom. The highest BCUT2D eigenvalue weighted by atomic mass is 19.1. The molecule has 0 unspecified atom stereocenters. The summed E-state index contributed by atoms with van der Waals surface area (Å²) in [5.41, 5.74) is 1.67. The van der Waals surface area contributed by atoms with Crippen LogP contribution in [0.4, 0.5) is 10.2 Å². The van der Waals surface area contributed by atoms with E-state index in [2.05, 4.69) is 22.2 Å². The summed E-state index contributed by atoms with van der Waals surface area (Å²) in [5.74, 6) is 1.20. The van der Waals surface area contributed by atoms with E-state index in [1.807, 2.05) is 12.1 Å². The van der Waals surface area contributed by atoms with Crippen molar-refractivity contribution in [3.05, 3.63) is 53.2 Å². The van der Waals surface area contributed by atoms with E-state index in [1.165, 1.54) is 12.1 Å². The fraction of sp³-hybridized carbons (Fsp3) is 0.375. The summed E-state index contributed by atoms with van der Waals surface area (Å²) in [4.78, 5) is 8.94. The molecule has 21 heavy (non-hydrogen) atoms. The first-order chi connectivity index (χ1) is 10.2. The topological polar surface area (TPSA) is 47.0 Å². The zero-order valence-corrected chi connectivity index (χ0v) is 12.4. The molecule has 1 heterocycles. The number of ether oxygens (including phenoxy) is 1. The third kappa shape index (κ3) is 4.79. The number of anilines is 1. The standard InChI is InChI=1S/C16H20FN3O/c1-3-7-18-15-10-14(11-21-2)19-16(20-15)9-12-5-4-6-13(17)8-12/h4-6,8,10H,3,7,9,11H2,1-2H3,(H,18,19,20). The summed E-state index contributed by atoms with van der Waals surface area (Å²) in [5, 5.41) is 3.25. The Morgan fingerprint density at radius 2 is 2.10 bits per heavy atom. The molecule has 2 rings (SSSR count). The van der Waals surface area contributed by atoms with Crippen molar-refractivity contribution in [2.24, 2.45) is 0 Å². The molecule has 0 saturated carbocycles. The predicted molar refractivity (Wildman–Crippen MR) is 80.7 cm³/mol. The fourth-order valence-corrected chi connectivity index (χ4v) is 2.03. The van der Waals surface area contributed by atoms with Crippen LogP contribution in [0.1, 0.15) is 30.4 Å². The maximum absolute atomic E-state index is 13.2. The lowest BCUT2D eigenvalue weighted by molar-refractivity contribution is 0.181. The van der Waals surface area contributed by atoms with Gasteiger partial charge >= 0.3 is 0 Å². The average molecular weight is 289 g/mol. The summed E-state index contributed by atoms with van der Waals surface area (Å²) in [6.45, 7) is 3.38. The summed E-state index contributed by atoms with van der Waals surface area (Å²) < 4.78 is 18.4. The van der Waals surface area contributed by atoms with Crippen LogP contribution in [-0.2, 0) is 17.8 Å². The highest BCUT2D eigenvalue weighted by Crippen LogP contribution is 2.13. The molecule has 1 aromatic carbocycles. The zero-order chi connectivity index (χ0) is 15.1. The number of nitrogens with zero attached hydrogens (tertiary/aromatic N) is 2. The van der Waals surface area contributed by atoms with Crippen LogP contribution in [-0.4, -0.2) is 23.6 Å². The van der Waals surface area contributed by atoms with Crippen LogP contribution in [0.5, 0.6) is 0 Å². The third-order valence-corrected chi connectivity index (χ3v) is 2.93. The summed E-state index contributed by atoms with van der Waals surface area (Å²) in [7, 11) is 1.63. The Morgan fingerprint density at radius 3 is 2.81 bits per heavy atom. The van der Waals surface area contributed by atoms with Gasteiger partial charge in [0.1, 0.15) is 17.5 Å². The highest BCUT2D eigenvalue weighted by Gasteiger charge is 2.06. The second kappa shape index (κ2) is 7.69. The average Bonchev–Trinajstić information content (AvgIpc) is 2.45. The summed E-state index contributed by atoms with van der Waals surface area (Å²) in [6.07, 6.45) is 1.51. The van der Waals surface area contributed by atoms with E-state index in [-0.39, 0.29) is 5.82 Å². The molecule has 0 aliphatic heterocycles. The van der Waals surface area contributed by atoms with Gasteiger partial charge in [0, 0.05) is 26.1 Å². The zero-order valence-electron chi connectivity index (χ0n) is 12.4. The molecule has 0 aliphatic rings. The number of methoxy groups -OCH3 is 1. The lowest BCUT2D eigenvalue weighted by Gasteiger charge is -2.09. The van der Waals surface area contributed by atoms with Crippen LogP contribution in [0, 0.1) is 5.82 Å². The molecule has 0 aliphatic carbocycles. The number of hydrogen-bond acceptors (Lipinski definition) is 4. The van der Waals surface area contributed by atoms with Gasteiger partial charge in [0.05, 0.1) is 12.3 Å². The van der Waals surface area contributed by atoms with E-state index in [0.29, 0.717) is 18.9 Å². The predicted octanol–water partition coefficient (Wildman–Crippen LogP) is 3.17. The Kier molecular flexibility index (Phi) is 5.63. The minimum absolute atomic E-state index is 0.245. The maximum atomic E-state index is 13.2. The smallest absolute Gasteiger partial charge is 0.135 e. The lowest BCUT2D eigenvalue weighted by atomic mass is 10.1. The van der Waals surface area contributed by atoms with Crippen LogP contribution < -0.4 is 5.32 Å². The first-order valence-corrected chi connectivity index (χ1v) is 7.05. The molecule has 0 bridgehead atoms. The highest BCUT2D eigenvalue weighted by molar-refractivity contribution is 5.36. The van der Waals surface area contributed by atoms with Gasteiger partial charge < -0.3 is 10.1 Å². The molecule has 5 heteroatoms. The van der Waals surface area contributed by atoms with Crippen LogP contribution in [0.25, 0.3) is 0 Å². The monoisotopic (exact) mass is 289 g/mol. The number of rotatable bonds is 7. The van der Waals surface area contributed by atoms with E-state index in [9.17, 15) is 4.39 Å². The molecule has 0 fully saturated rings. The Labute approximate surface area is 124 Å². The van der Waals surface area contributed by atoms with Gasteiger partial charge in [-0.15, -0.1) is 0 Å². The van der Waals surface area contributed by atoms with Gasteiger partial charge in [0.2, 0.25) is 0 Å². The first kappa shape index (κ1) is 15.4. The van der Waals surface area contributed by atoms with Crippen LogP contribution in [0.2, 0.25) is 0 Å². The van der Waals surface area contributed by atoms with Crippen LogP contribution >= 0.6 is 0 Å². The van der Waals surface area contributed by atoms with E-state index >= 15 is 0 Å². The molecule has 4 nitrogen and oxygen atoms in total. The van der Waals surface area contributed by atoms with Gasteiger partial charge in [-0.2, -0.15) is 0 Å². The summed E-state index contributed by atoms with van der Waals surface area (Å²) >= 11 is 0. The van der Waals surface area contributed by atoms with Crippen molar-refractivity contribution in [1.29, 1.82) is 0 Å². The van der Waals surface area contributed by atoms with Crippen molar-refractivity contribution in [2.45, 2.75) is 26.4 Å². The Bertz CT molecular complexity index is 589. The van der Waals surface area contributed by atoms with Gasteiger partial charge in [-0.3, -0.25) is 0 Å². The second-order valence-electron chi connectivity index (χ2n) is 4.83. The van der Waals surface area contributed by atoms with Gasteiger partial charge in [0.25, 0.3) is 0 Å². The molecule has 2 aromatic rings. The molecule has 0 spiro atoms. The molecule has 0 atom stereocenters. The SMILES string of the molecule is CCCNc1cc(COC)nc(Cc2cccc(F)c2)n1. The molecule has 0 radical (unpaired) electrons. The van der Waals surface area contributed by atoms with Gasteiger partial charge in [-0.05, 0) is 24.1 Å². The van der Waals surface area contributed by atoms with Crippen molar-refractivity contribution in [3.63, 3.8) is 0 Å². The van der Waals surface area contributed by atoms with Crippen LogP contribution in [0.15, 0.2) is 30.3 Å². The quantitative estimate of drug-likeness (QED) is 0.850. The largest absolute Gasteiger partial charge is 0.378 e. The molecule has 0 saturated heterocycles. The van der Waals surface area contributed by atoms with E-state index in [4.69, 9.17) is 4.74 Å². The van der Waals surface area contributed by atoms with Crippen molar-refractivity contribution >= 4 is 5.82 Å². The van der Waals surface area contributed by atoms with Gasteiger partial charge in [-0.1, -0.05) is 19.1 Å². The number of halogens is 1. The van der Waals surface area contributed by atoms with Crippen molar-refractivity contribution < 1.29 is 9.13 Å². The maximum Gasteiger partial charge on any atom is 0.135 e. The van der Waals surface area contributed by atoms with Crippen molar-refractivity contribution in [1.82, 2.24) is 9.97 Å². The normalized spacial score (nSPS) is 10.6. The summed E-state index contributed by atoms with van der Waals surface area (Å²) in [6, 6.07) is 8.38. The number of nitrogens with one attached hydrogen (secondary N) is 1. The first-order valence-electron chi connectivity index (χ1n) is 7.05. The van der Waals surface area contributed by atoms with E-state index < -0.39 is 0 Å². The third-order valence-electron chi connectivity index (χ3n) is 2.93. The van der Waals surface area contributed by atoms with E-state index in [0.717, 1.165) is 30.0 Å². The Hall–Kier alpha value is -2.01. The van der Waals surface area contributed by atoms with Crippen molar-refractivity contribution in [2.75, 3.05) is 19.0 Å². The molecule has 1 N–H and O–H groups in total. The second-order valence-corrected chi connectivity index (χ2v) is 4.83. The molecular formula is C16H20FN3O. The minimum atomic E-state index is -0.245. The molecule has 1 aromatic heterocycles. The van der Waals surface area contributed by atoms with Gasteiger partial charge in [-0.25, -0.2) is 14.4 Å². The molecule has 0 amide bonds. The fourth-order valence-electron chi connectivity index (χ4n) is 2.03. The van der Waals surface area contributed by atoms with Gasteiger partial charge in [0.15, 0.2) is 0 Å².